The summed E-state index contributed by atoms with van der Waals surface area (Å²) in [4.78, 5) is 21.3. The quantitative estimate of drug-likeness (QED) is 0.500. The lowest BCUT2D eigenvalue weighted by Crippen LogP contribution is -2.54. The van der Waals surface area contributed by atoms with E-state index in [9.17, 15) is 9.90 Å². The minimum absolute atomic E-state index is 0.0494. The first-order valence-electron chi connectivity index (χ1n) is 12.8. The Morgan fingerprint density at radius 2 is 2.00 bits per heavy atom. The van der Waals surface area contributed by atoms with E-state index in [2.05, 4.69) is 41.9 Å². The number of likely N-dealkylation sites (tertiary alicyclic amines) is 1. The number of pyridine rings is 1. The van der Waals surface area contributed by atoms with E-state index in [4.69, 9.17) is 14.2 Å². The lowest BCUT2D eigenvalue weighted by atomic mass is 9.74. The molecular weight excluding hydrogens is 458 g/mol. The Bertz CT molecular complexity index is 1040. The van der Waals surface area contributed by atoms with E-state index in [0.29, 0.717) is 18.8 Å². The van der Waals surface area contributed by atoms with Gasteiger partial charge in [0, 0.05) is 25.2 Å². The first-order valence-corrected chi connectivity index (χ1v) is 12.8. The van der Waals surface area contributed by atoms with Gasteiger partial charge < -0.3 is 29.1 Å². The largest absolute Gasteiger partial charge is 0.493 e. The van der Waals surface area contributed by atoms with Gasteiger partial charge in [0.1, 0.15) is 6.10 Å². The fraction of sp³-hybridized carbons (Fsp3) is 0.571. The molecule has 8 heteroatoms. The molecule has 1 N–H and O–H groups in total. The van der Waals surface area contributed by atoms with Crippen molar-refractivity contribution in [1.29, 1.82) is 0 Å². The van der Waals surface area contributed by atoms with Crippen molar-refractivity contribution < 1.29 is 24.1 Å². The smallest absolute Gasteiger partial charge is 0.224 e. The second-order valence-corrected chi connectivity index (χ2v) is 10.6. The molecule has 1 amide bonds. The summed E-state index contributed by atoms with van der Waals surface area (Å²) >= 11 is 0. The number of aromatic nitrogens is 1. The molecule has 2 aromatic rings. The predicted octanol–water partition coefficient (Wildman–Crippen LogP) is 3.84. The van der Waals surface area contributed by atoms with Gasteiger partial charge in [-0.15, -0.1) is 0 Å². The number of carbonyl (C=O) groups excluding carboxylic acids is 1. The van der Waals surface area contributed by atoms with Crippen molar-refractivity contribution in [3.8, 4) is 11.5 Å². The Morgan fingerprint density at radius 1 is 1.22 bits per heavy atom. The van der Waals surface area contributed by atoms with Gasteiger partial charge in [-0.2, -0.15) is 0 Å². The van der Waals surface area contributed by atoms with E-state index in [1.165, 1.54) is 0 Å². The van der Waals surface area contributed by atoms with Crippen LogP contribution in [0.15, 0.2) is 42.7 Å². The average molecular weight is 498 g/mol. The molecule has 3 heterocycles. The number of rotatable bonds is 10. The SMILES string of the molecule is CCC1(C)CN(C(=O)CCOC(C)(C)O)CC1c1ccc(OC)c(OC2CN(c3cccnc3)C2)c1. The summed E-state index contributed by atoms with van der Waals surface area (Å²) < 4.78 is 17.3. The van der Waals surface area contributed by atoms with Crippen LogP contribution in [0.25, 0.3) is 0 Å². The highest BCUT2D eigenvalue weighted by molar-refractivity contribution is 5.77. The zero-order chi connectivity index (χ0) is 25.9. The maximum absolute atomic E-state index is 12.9. The Morgan fingerprint density at radius 3 is 2.64 bits per heavy atom. The third kappa shape index (κ3) is 5.93. The first kappa shape index (κ1) is 26.2. The second-order valence-electron chi connectivity index (χ2n) is 10.6. The molecule has 1 aromatic heterocycles. The molecule has 2 unspecified atom stereocenters. The molecule has 196 valence electrons. The van der Waals surface area contributed by atoms with E-state index >= 15 is 0 Å². The van der Waals surface area contributed by atoms with Crippen molar-refractivity contribution in [1.82, 2.24) is 9.88 Å². The molecular formula is C28H39N3O5. The standard InChI is InChI=1S/C28H39N3O5/c1-6-28(4)19-31(26(32)11-13-35-27(2,3)33)18-23(28)20-9-10-24(34-5)25(14-20)36-22-16-30(17-22)21-8-7-12-29-15-21/h7-10,12,14-15,22-23,33H,6,11,13,16-19H2,1-5H3. The number of benzene rings is 1. The zero-order valence-electron chi connectivity index (χ0n) is 22.1. The minimum Gasteiger partial charge on any atom is -0.493 e. The minimum atomic E-state index is -1.24. The molecule has 0 spiro atoms. The van der Waals surface area contributed by atoms with E-state index < -0.39 is 5.79 Å². The molecule has 1 aromatic carbocycles. The van der Waals surface area contributed by atoms with Gasteiger partial charge in [0.25, 0.3) is 0 Å². The van der Waals surface area contributed by atoms with Gasteiger partial charge >= 0.3 is 0 Å². The lowest BCUT2D eigenvalue weighted by molar-refractivity contribution is -0.178. The molecule has 8 nitrogen and oxygen atoms in total. The molecule has 0 saturated carbocycles. The molecule has 36 heavy (non-hydrogen) atoms. The number of amides is 1. The first-order chi connectivity index (χ1) is 17.1. The number of ether oxygens (including phenoxy) is 3. The fourth-order valence-corrected chi connectivity index (χ4v) is 5.10. The number of nitrogens with zero attached hydrogens (tertiary/aromatic N) is 3. The topological polar surface area (TPSA) is 84.4 Å². The predicted molar refractivity (Wildman–Crippen MR) is 138 cm³/mol. The van der Waals surface area contributed by atoms with Gasteiger partial charge in [-0.3, -0.25) is 9.78 Å². The normalized spacial score (nSPS) is 22.4. The number of hydrogen-bond donors (Lipinski definition) is 1. The zero-order valence-corrected chi connectivity index (χ0v) is 22.1. The van der Waals surface area contributed by atoms with Crippen LogP contribution in [0.3, 0.4) is 0 Å². The average Bonchev–Trinajstić information content (AvgIpc) is 3.19. The van der Waals surface area contributed by atoms with Crippen molar-refractivity contribution in [2.45, 2.75) is 58.3 Å². The summed E-state index contributed by atoms with van der Waals surface area (Å²) in [7, 11) is 1.66. The highest BCUT2D eigenvalue weighted by atomic mass is 16.6. The van der Waals surface area contributed by atoms with Crippen LogP contribution in [0.2, 0.25) is 0 Å². The van der Waals surface area contributed by atoms with Crippen LogP contribution in [-0.2, 0) is 9.53 Å². The third-order valence-electron chi connectivity index (χ3n) is 7.47. The second kappa shape index (κ2) is 10.6. The summed E-state index contributed by atoms with van der Waals surface area (Å²) in [6.45, 7) is 10.7. The van der Waals surface area contributed by atoms with Gasteiger partial charge in [-0.05, 0) is 55.5 Å². The summed E-state index contributed by atoms with van der Waals surface area (Å²) in [5, 5.41) is 9.76. The van der Waals surface area contributed by atoms with Crippen LogP contribution in [0.5, 0.6) is 11.5 Å². The summed E-state index contributed by atoms with van der Waals surface area (Å²) in [6, 6.07) is 10.2. The summed E-state index contributed by atoms with van der Waals surface area (Å²) in [5.74, 6) is 0.458. The summed E-state index contributed by atoms with van der Waals surface area (Å²) in [6.07, 6.45) is 4.92. The van der Waals surface area contributed by atoms with Crippen molar-refractivity contribution in [3.63, 3.8) is 0 Å². The number of methoxy groups -OCH3 is 1. The van der Waals surface area contributed by atoms with Gasteiger partial charge in [0.15, 0.2) is 17.3 Å². The molecule has 2 aliphatic heterocycles. The molecule has 2 atom stereocenters. The molecule has 2 fully saturated rings. The van der Waals surface area contributed by atoms with Gasteiger partial charge in [0.05, 0.1) is 45.1 Å². The van der Waals surface area contributed by atoms with Gasteiger partial charge in [0.2, 0.25) is 5.91 Å². The van der Waals surface area contributed by atoms with Crippen LogP contribution in [0.1, 0.15) is 52.0 Å². The van der Waals surface area contributed by atoms with Crippen LogP contribution in [0, 0.1) is 5.41 Å². The molecule has 2 saturated heterocycles. The Hall–Kier alpha value is -2.84. The fourth-order valence-electron chi connectivity index (χ4n) is 5.10. The van der Waals surface area contributed by atoms with Crippen LogP contribution in [-0.4, -0.2) is 72.7 Å². The molecule has 0 radical (unpaired) electrons. The Labute approximate surface area is 214 Å². The maximum Gasteiger partial charge on any atom is 0.224 e. The van der Waals surface area contributed by atoms with Crippen molar-refractivity contribution >= 4 is 11.6 Å². The van der Waals surface area contributed by atoms with Crippen molar-refractivity contribution in [2.75, 3.05) is 44.8 Å². The number of aliphatic hydroxyl groups is 1. The summed E-state index contributed by atoms with van der Waals surface area (Å²) in [5.41, 5.74) is 2.20. The number of carbonyl (C=O) groups is 1. The number of hydrogen-bond acceptors (Lipinski definition) is 7. The Balaban J connectivity index is 1.44. The van der Waals surface area contributed by atoms with Gasteiger partial charge in [-0.25, -0.2) is 0 Å². The highest BCUT2D eigenvalue weighted by Crippen LogP contribution is 2.47. The highest BCUT2D eigenvalue weighted by Gasteiger charge is 2.44. The molecule has 0 bridgehead atoms. The van der Waals surface area contributed by atoms with Gasteiger partial charge in [-0.1, -0.05) is 19.9 Å². The maximum atomic E-state index is 12.9. The van der Waals surface area contributed by atoms with Crippen LogP contribution < -0.4 is 14.4 Å². The molecule has 2 aliphatic rings. The number of anilines is 1. The van der Waals surface area contributed by atoms with Crippen LogP contribution >= 0.6 is 0 Å². The van der Waals surface area contributed by atoms with E-state index in [1.54, 1.807) is 27.2 Å². The molecule has 0 aliphatic carbocycles. The molecule has 4 rings (SSSR count). The van der Waals surface area contributed by atoms with E-state index in [0.717, 1.165) is 36.5 Å². The van der Waals surface area contributed by atoms with Crippen LogP contribution in [0.4, 0.5) is 5.69 Å². The Kier molecular flexibility index (Phi) is 7.76. The monoisotopic (exact) mass is 497 g/mol. The van der Waals surface area contributed by atoms with Crippen molar-refractivity contribution in [2.24, 2.45) is 5.41 Å². The van der Waals surface area contributed by atoms with E-state index in [1.807, 2.05) is 23.2 Å². The van der Waals surface area contributed by atoms with E-state index in [-0.39, 0.29) is 36.4 Å². The lowest BCUT2D eigenvalue weighted by Gasteiger charge is -2.40. The third-order valence-corrected chi connectivity index (χ3v) is 7.47. The van der Waals surface area contributed by atoms with Crippen molar-refractivity contribution in [3.05, 3.63) is 48.3 Å².